The molecule has 56 heavy (non-hydrogen) atoms. The van der Waals surface area contributed by atoms with Crippen molar-refractivity contribution in [2.45, 2.75) is 11.8 Å². The van der Waals surface area contributed by atoms with Crippen LogP contribution in [0.25, 0.3) is 76.8 Å². The third-order valence-corrected chi connectivity index (χ3v) is 12.7. The first-order chi connectivity index (χ1) is 27.8. The summed E-state index contributed by atoms with van der Waals surface area (Å²) in [6.07, 6.45) is 0. The van der Waals surface area contributed by atoms with Gasteiger partial charge in [-0.1, -0.05) is 200 Å². The van der Waals surface area contributed by atoms with Crippen LogP contribution in [0.2, 0.25) is 0 Å². The zero-order valence-electron chi connectivity index (χ0n) is 30.8. The fourth-order valence-corrected chi connectivity index (χ4v) is 10.3. The molecule has 260 valence electrons. The fraction of sp³-hybridized carbons (Fsp3) is 0.0357. The lowest BCUT2D eigenvalue weighted by Gasteiger charge is -2.42. The summed E-state index contributed by atoms with van der Waals surface area (Å²) in [5, 5.41) is 7.68. The summed E-state index contributed by atoms with van der Waals surface area (Å²) in [5.41, 5.74) is 18.8. The van der Waals surface area contributed by atoms with Gasteiger partial charge in [0.2, 0.25) is 0 Å². The molecule has 0 amide bonds. The van der Waals surface area contributed by atoms with E-state index in [1.54, 1.807) is 0 Å². The van der Waals surface area contributed by atoms with Crippen molar-refractivity contribution in [2.24, 2.45) is 0 Å². The van der Waals surface area contributed by atoms with Crippen molar-refractivity contribution in [3.8, 4) is 44.5 Å². The van der Waals surface area contributed by atoms with Gasteiger partial charge in [0, 0.05) is 11.8 Å². The average Bonchev–Trinajstić information content (AvgIpc) is 3.28. The van der Waals surface area contributed by atoms with Gasteiger partial charge in [-0.25, -0.2) is 0 Å². The number of rotatable bonds is 4. The molecule has 0 radical (unpaired) electrons. The quantitative estimate of drug-likeness (QED) is 0.160. The number of hydrogen-bond donors (Lipinski definition) is 0. The van der Waals surface area contributed by atoms with Crippen LogP contribution >= 0.6 is 0 Å². The molecule has 0 aliphatic heterocycles. The first kappa shape index (κ1) is 31.3. The van der Waals surface area contributed by atoms with Gasteiger partial charge in [-0.2, -0.15) is 0 Å². The van der Waals surface area contributed by atoms with Gasteiger partial charge in [-0.15, -0.1) is 0 Å². The molecule has 13 rings (SSSR count). The second-order valence-corrected chi connectivity index (χ2v) is 15.5. The van der Waals surface area contributed by atoms with Gasteiger partial charge in [0.1, 0.15) is 0 Å². The first-order valence-electron chi connectivity index (χ1n) is 19.7. The molecule has 10 aromatic rings. The standard InChI is InChI=1S/C56H36/c1-2-14-35(15-3-1)39-32-33-40(42-17-5-4-16-41(39)42)36-26-28-37(29-27-36)53-43-18-6-8-20-45(43)54(46-21-9-7-19-44(46)53)38-30-31-51-52(34-38)56-49-24-12-10-22-47(49)55(51)48-23-11-13-25-50(48)56/h1-34,55-56H. The van der Waals surface area contributed by atoms with Crippen LogP contribution in [0.1, 0.15) is 45.2 Å². The van der Waals surface area contributed by atoms with Crippen LogP contribution in [0.3, 0.4) is 0 Å². The predicted octanol–water partition coefficient (Wildman–Crippen LogP) is 14.8. The monoisotopic (exact) mass is 708 g/mol. The van der Waals surface area contributed by atoms with E-state index in [1.807, 2.05) is 0 Å². The number of benzene rings is 10. The van der Waals surface area contributed by atoms with Gasteiger partial charge in [0.25, 0.3) is 0 Å². The molecular weight excluding hydrogens is 673 g/mol. The highest BCUT2D eigenvalue weighted by Crippen LogP contribution is 2.56. The van der Waals surface area contributed by atoms with Crippen molar-refractivity contribution in [3.63, 3.8) is 0 Å². The van der Waals surface area contributed by atoms with Crippen molar-refractivity contribution < 1.29 is 0 Å². The zero-order valence-corrected chi connectivity index (χ0v) is 30.8. The van der Waals surface area contributed by atoms with Gasteiger partial charge in [-0.05, 0) is 116 Å². The topological polar surface area (TPSA) is 0 Å². The highest BCUT2D eigenvalue weighted by atomic mass is 14.4. The SMILES string of the molecule is c1ccc(-c2ccc(-c3ccc(-c4c5ccccc5c(-c5ccc6c(c5)C5c7ccccc7C6c6ccccc65)c5ccccc45)cc3)c3ccccc23)cc1. The van der Waals surface area contributed by atoms with Gasteiger partial charge in [0.15, 0.2) is 0 Å². The van der Waals surface area contributed by atoms with Crippen molar-refractivity contribution in [3.05, 3.63) is 240 Å². The summed E-state index contributed by atoms with van der Waals surface area (Å²) in [6.45, 7) is 0. The van der Waals surface area contributed by atoms with Crippen LogP contribution in [-0.2, 0) is 0 Å². The van der Waals surface area contributed by atoms with Crippen LogP contribution in [0.15, 0.2) is 206 Å². The van der Waals surface area contributed by atoms with Crippen LogP contribution in [0, 0.1) is 0 Å². The maximum absolute atomic E-state index is 2.52. The minimum absolute atomic E-state index is 0.240. The number of hydrogen-bond acceptors (Lipinski definition) is 0. The lowest BCUT2D eigenvalue weighted by molar-refractivity contribution is 0.755. The molecule has 3 aliphatic rings. The molecular formula is C56H36. The van der Waals surface area contributed by atoms with Gasteiger partial charge >= 0.3 is 0 Å². The molecule has 0 atom stereocenters. The van der Waals surface area contributed by atoms with Gasteiger partial charge in [-0.3, -0.25) is 0 Å². The lowest BCUT2D eigenvalue weighted by atomic mass is 9.61. The molecule has 0 saturated carbocycles. The third-order valence-electron chi connectivity index (χ3n) is 12.7. The van der Waals surface area contributed by atoms with Crippen molar-refractivity contribution in [2.75, 3.05) is 0 Å². The van der Waals surface area contributed by atoms with Crippen molar-refractivity contribution in [1.82, 2.24) is 0 Å². The molecule has 10 aromatic carbocycles. The second kappa shape index (κ2) is 12.2. The Morgan fingerprint density at radius 2 is 0.554 bits per heavy atom. The van der Waals surface area contributed by atoms with E-state index in [0.717, 1.165) is 0 Å². The Bertz CT molecular complexity index is 3080. The molecule has 0 fully saturated rings. The van der Waals surface area contributed by atoms with E-state index in [-0.39, 0.29) is 11.8 Å². The average molecular weight is 709 g/mol. The van der Waals surface area contributed by atoms with E-state index in [2.05, 4.69) is 206 Å². The van der Waals surface area contributed by atoms with E-state index < -0.39 is 0 Å². The third kappa shape index (κ3) is 4.54. The first-order valence-corrected chi connectivity index (χ1v) is 19.7. The predicted molar refractivity (Wildman–Crippen MR) is 235 cm³/mol. The molecule has 2 bridgehead atoms. The summed E-state index contributed by atoms with van der Waals surface area (Å²) in [6, 6.07) is 77.0. The fourth-order valence-electron chi connectivity index (χ4n) is 10.3. The van der Waals surface area contributed by atoms with Gasteiger partial charge in [0.05, 0.1) is 0 Å². The molecule has 0 saturated heterocycles. The van der Waals surface area contributed by atoms with Crippen LogP contribution in [0.5, 0.6) is 0 Å². The summed E-state index contributed by atoms with van der Waals surface area (Å²) in [4.78, 5) is 0. The summed E-state index contributed by atoms with van der Waals surface area (Å²) in [7, 11) is 0. The lowest BCUT2D eigenvalue weighted by Crippen LogP contribution is -2.27. The second-order valence-electron chi connectivity index (χ2n) is 15.5. The highest BCUT2D eigenvalue weighted by molar-refractivity contribution is 6.21. The summed E-state index contributed by atoms with van der Waals surface area (Å²) >= 11 is 0. The molecule has 0 aromatic heterocycles. The highest BCUT2D eigenvalue weighted by Gasteiger charge is 2.41. The van der Waals surface area contributed by atoms with Crippen LogP contribution in [0.4, 0.5) is 0 Å². The van der Waals surface area contributed by atoms with E-state index in [0.29, 0.717) is 0 Å². The summed E-state index contributed by atoms with van der Waals surface area (Å²) in [5.74, 6) is 0.513. The van der Waals surface area contributed by atoms with Crippen molar-refractivity contribution in [1.29, 1.82) is 0 Å². The minimum atomic E-state index is 0.240. The van der Waals surface area contributed by atoms with Crippen LogP contribution < -0.4 is 0 Å². The Kier molecular flexibility index (Phi) is 6.86. The molecule has 0 spiro atoms. The van der Waals surface area contributed by atoms with E-state index in [4.69, 9.17) is 0 Å². The maximum atomic E-state index is 2.52. The smallest absolute Gasteiger partial charge is 0.0349 e. The number of fused-ring (bicyclic) bond motifs is 3. The molecule has 0 heterocycles. The maximum Gasteiger partial charge on any atom is 0.0349 e. The Hall–Kier alpha value is -7.02. The molecule has 0 unspecified atom stereocenters. The summed E-state index contributed by atoms with van der Waals surface area (Å²) < 4.78 is 0. The Labute approximate surface area is 327 Å². The normalized spacial score (nSPS) is 15.1. The minimum Gasteiger partial charge on any atom is -0.0622 e. The van der Waals surface area contributed by atoms with Gasteiger partial charge < -0.3 is 0 Å². The Morgan fingerprint density at radius 1 is 0.214 bits per heavy atom. The Balaban J connectivity index is 1.01. The molecule has 0 nitrogen and oxygen atoms in total. The van der Waals surface area contributed by atoms with Crippen LogP contribution in [-0.4, -0.2) is 0 Å². The molecule has 3 aliphatic carbocycles. The zero-order chi connectivity index (χ0) is 36.7. The molecule has 0 N–H and O–H groups in total. The van der Waals surface area contributed by atoms with E-state index in [9.17, 15) is 0 Å². The van der Waals surface area contributed by atoms with E-state index >= 15 is 0 Å². The molecule has 0 heteroatoms. The van der Waals surface area contributed by atoms with E-state index in [1.165, 1.54) is 110 Å². The largest absolute Gasteiger partial charge is 0.0622 e. The Morgan fingerprint density at radius 3 is 1.05 bits per heavy atom. The van der Waals surface area contributed by atoms with Crippen molar-refractivity contribution >= 4 is 32.3 Å².